The van der Waals surface area contributed by atoms with E-state index < -0.39 is 17.1 Å². The van der Waals surface area contributed by atoms with Gasteiger partial charge in [0.15, 0.2) is 0 Å². The predicted octanol–water partition coefficient (Wildman–Crippen LogP) is 3.19. The van der Waals surface area contributed by atoms with E-state index in [1.165, 1.54) is 0 Å². The molecular formula is C17H24O2. The van der Waals surface area contributed by atoms with Crippen LogP contribution in [0.1, 0.15) is 44.6 Å². The minimum absolute atomic E-state index is 0.485. The van der Waals surface area contributed by atoms with Crippen LogP contribution in [0.2, 0.25) is 0 Å². The number of aliphatic hydroxyl groups is 2. The Balaban J connectivity index is 2.52. The smallest absolute Gasteiger partial charge is 0.0774 e. The summed E-state index contributed by atoms with van der Waals surface area (Å²) in [5.41, 5.74) is -0.523. The van der Waals surface area contributed by atoms with Crippen molar-refractivity contribution in [2.75, 3.05) is 0 Å². The highest BCUT2D eigenvalue weighted by molar-refractivity contribution is 5.32. The number of rotatable bonds is 4. The molecule has 1 aliphatic rings. The number of hydrogen-bond acceptors (Lipinski definition) is 2. The fraction of sp³-hybridized carbons (Fsp3) is 0.529. The fourth-order valence-electron chi connectivity index (χ4n) is 3.63. The van der Waals surface area contributed by atoms with Crippen LogP contribution in [0.15, 0.2) is 43.0 Å². The highest BCUT2D eigenvalue weighted by Gasteiger charge is 2.53. The van der Waals surface area contributed by atoms with Crippen molar-refractivity contribution in [3.63, 3.8) is 0 Å². The van der Waals surface area contributed by atoms with E-state index in [0.717, 1.165) is 31.2 Å². The molecule has 1 aromatic carbocycles. The van der Waals surface area contributed by atoms with E-state index in [2.05, 4.69) is 6.58 Å². The molecule has 104 valence electrons. The highest BCUT2D eigenvalue weighted by atomic mass is 16.3. The van der Waals surface area contributed by atoms with Crippen LogP contribution >= 0.6 is 0 Å². The average Bonchev–Trinajstić information content (AvgIpc) is 2.40. The van der Waals surface area contributed by atoms with E-state index in [-0.39, 0.29) is 0 Å². The molecule has 0 heterocycles. The Kier molecular flexibility index (Phi) is 4.12. The molecule has 2 heteroatoms. The van der Waals surface area contributed by atoms with Gasteiger partial charge in [-0.1, -0.05) is 49.2 Å². The van der Waals surface area contributed by atoms with Crippen LogP contribution in [-0.2, 0) is 5.41 Å². The Labute approximate surface area is 115 Å². The van der Waals surface area contributed by atoms with Gasteiger partial charge in [-0.25, -0.2) is 0 Å². The fourth-order valence-corrected chi connectivity index (χ4v) is 3.63. The lowest BCUT2D eigenvalue weighted by Gasteiger charge is -2.51. The number of hydrogen-bond donors (Lipinski definition) is 2. The third-order valence-corrected chi connectivity index (χ3v) is 4.66. The van der Waals surface area contributed by atoms with Crippen LogP contribution in [0, 0.1) is 0 Å². The monoisotopic (exact) mass is 260 g/mol. The van der Waals surface area contributed by atoms with Gasteiger partial charge >= 0.3 is 0 Å². The first-order valence-electron chi connectivity index (χ1n) is 7.11. The van der Waals surface area contributed by atoms with Crippen LogP contribution in [0.5, 0.6) is 0 Å². The molecule has 0 unspecified atom stereocenters. The van der Waals surface area contributed by atoms with Gasteiger partial charge in [0.2, 0.25) is 0 Å². The molecule has 0 spiro atoms. The molecule has 1 aromatic rings. The van der Waals surface area contributed by atoms with Gasteiger partial charge in [0.25, 0.3) is 0 Å². The molecule has 2 rings (SSSR count). The Bertz CT molecular complexity index is 424. The maximum absolute atomic E-state index is 11.0. The molecule has 1 aliphatic carbocycles. The number of aliphatic hydroxyl groups excluding tert-OH is 1. The van der Waals surface area contributed by atoms with Crippen molar-refractivity contribution in [2.45, 2.75) is 56.1 Å². The summed E-state index contributed by atoms with van der Waals surface area (Å²) in [4.78, 5) is 0. The second-order valence-corrected chi connectivity index (χ2v) is 5.87. The molecule has 2 nitrogen and oxygen atoms in total. The molecule has 1 saturated carbocycles. The van der Waals surface area contributed by atoms with Crippen LogP contribution in [-0.4, -0.2) is 21.9 Å². The zero-order chi connectivity index (χ0) is 13.9. The molecule has 0 radical (unpaired) electrons. The summed E-state index contributed by atoms with van der Waals surface area (Å²) in [6.45, 7) is 5.58. The summed E-state index contributed by atoms with van der Waals surface area (Å²) in [6, 6.07) is 9.96. The maximum Gasteiger partial charge on any atom is 0.0774 e. The Morgan fingerprint density at radius 3 is 2.63 bits per heavy atom. The summed E-state index contributed by atoms with van der Waals surface area (Å²) >= 11 is 0. The van der Waals surface area contributed by atoms with Gasteiger partial charge in [0, 0.05) is 5.41 Å². The topological polar surface area (TPSA) is 40.5 Å². The van der Waals surface area contributed by atoms with E-state index >= 15 is 0 Å². The molecule has 0 saturated heterocycles. The normalized spacial score (nSPS) is 30.6. The summed E-state index contributed by atoms with van der Waals surface area (Å²) in [7, 11) is 0. The van der Waals surface area contributed by atoms with Crippen molar-refractivity contribution in [1.29, 1.82) is 0 Å². The summed E-state index contributed by atoms with van der Waals surface area (Å²) in [6.07, 6.45) is 5.37. The second-order valence-electron chi connectivity index (χ2n) is 5.87. The highest BCUT2D eigenvalue weighted by Crippen LogP contribution is 2.48. The van der Waals surface area contributed by atoms with Crippen LogP contribution in [0.3, 0.4) is 0 Å². The van der Waals surface area contributed by atoms with E-state index in [1.54, 1.807) is 6.08 Å². The molecule has 19 heavy (non-hydrogen) atoms. The van der Waals surface area contributed by atoms with Gasteiger partial charge in [-0.2, -0.15) is 0 Å². The molecule has 3 atom stereocenters. The minimum Gasteiger partial charge on any atom is -0.392 e. The van der Waals surface area contributed by atoms with E-state index in [1.807, 2.05) is 37.3 Å². The Morgan fingerprint density at radius 2 is 2.05 bits per heavy atom. The van der Waals surface area contributed by atoms with Crippen molar-refractivity contribution in [1.82, 2.24) is 0 Å². The second kappa shape index (κ2) is 5.48. The van der Waals surface area contributed by atoms with Crippen molar-refractivity contribution in [3.8, 4) is 0 Å². The summed E-state index contributed by atoms with van der Waals surface area (Å²) in [5, 5.41) is 21.6. The Morgan fingerprint density at radius 1 is 1.37 bits per heavy atom. The molecule has 0 amide bonds. The Hall–Kier alpha value is -1.12. The summed E-state index contributed by atoms with van der Waals surface area (Å²) < 4.78 is 0. The average molecular weight is 260 g/mol. The van der Waals surface area contributed by atoms with Crippen LogP contribution in [0.25, 0.3) is 0 Å². The summed E-state index contributed by atoms with van der Waals surface area (Å²) in [5.74, 6) is 0. The van der Waals surface area contributed by atoms with Gasteiger partial charge in [-0.3, -0.25) is 0 Å². The molecular weight excluding hydrogens is 236 g/mol. The van der Waals surface area contributed by atoms with Crippen LogP contribution in [0.4, 0.5) is 0 Å². The molecule has 0 aromatic heterocycles. The first kappa shape index (κ1) is 14.3. The predicted molar refractivity (Wildman–Crippen MR) is 78.0 cm³/mol. The lowest BCUT2D eigenvalue weighted by Crippen LogP contribution is -2.58. The number of benzene rings is 1. The largest absolute Gasteiger partial charge is 0.392 e. The maximum atomic E-state index is 11.0. The molecule has 2 N–H and O–H groups in total. The van der Waals surface area contributed by atoms with Gasteiger partial charge in [-0.15, -0.1) is 6.58 Å². The lowest BCUT2D eigenvalue weighted by molar-refractivity contribution is -0.101. The third-order valence-electron chi connectivity index (χ3n) is 4.66. The van der Waals surface area contributed by atoms with Gasteiger partial charge < -0.3 is 10.2 Å². The van der Waals surface area contributed by atoms with Gasteiger partial charge in [0.05, 0.1) is 11.7 Å². The van der Waals surface area contributed by atoms with E-state index in [0.29, 0.717) is 6.42 Å². The van der Waals surface area contributed by atoms with Crippen molar-refractivity contribution < 1.29 is 10.2 Å². The van der Waals surface area contributed by atoms with Gasteiger partial charge in [-0.05, 0) is 31.7 Å². The van der Waals surface area contributed by atoms with Gasteiger partial charge in [0.1, 0.15) is 0 Å². The zero-order valence-electron chi connectivity index (χ0n) is 11.7. The SMILES string of the molecule is C=CC[C@](C)(O)[C@]1(c2ccccc2)CCCC[C@@H]1O. The van der Waals surface area contributed by atoms with Crippen LogP contribution < -0.4 is 0 Å². The standard InChI is InChI=1S/C17H24O2/c1-3-12-16(2,19)17(13-8-7-11-15(17)18)14-9-5-4-6-10-14/h3-6,9-10,15,18-19H,1,7-8,11-13H2,2H3/t15-,16-,17-/m0/s1. The van der Waals surface area contributed by atoms with Crippen molar-refractivity contribution in [3.05, 3.63) is 48.6 Å². The lowest BCUT2D eigenvalue weighted by atomic mass is 9.58. The van der Waals surface area contributed by atoms with Crippen molar-refractivity contribution >= 4 is 0 Å². The molecule has 1 fully saturated rings. The van der Waals surface area contributed by atoms with Crippen molar-refractivity contribution in [2.24, 2.45) is 0 Å². The third kappa shape index (κ3) is 2.35. The molecule has 0 bridgehead atoms. The first-order valence-corrected chi connectivity index (χ1v) is 7.11. The first-order chi connectivity index (χ1) is 9.04. The quantitative estimate of drug-likeness (QED) is 0.816. The molecule has 0 aliphatic heterocycles. The zero-order valence-corrected chi connectivity index (χ0v) is 11.7. The van der Waals surface area contributed by atoms with E-state index in [9.17, 15) is 10.2 Å². The van der Waals surface area contributed by atoms with E-state index in [4.69, 9.17) is 0 Å². The minimum atomic E-state index is -0.976.